The normalized spacial score (nSPS) is 29.0. The molecule has 1 fully saturated rings. The number of benzene rings is 1. The molecule has 1 heterocycles. The SMILES string of the molecule is CC1=CC[C]([Hf]2([CH]3C=Cc4ccccc43)[Si](C)(C)[Si]2(C)C)=C1. The van der Waals surface area contributed by atoms with E-state index in [1.165, 1.54) is 17.6 Å². The van der Waals surface area contributed by atoms with E-state index < -0.39 is 27.9 Å². The Kier molecular flexibility index (Phi) is 3.22. The molecule has 22 heavy (non-hydrogen) atoms. The molecule has 0 nitrogen and oxygen atoms in total. The van der Waals surface area contributed by atoms with Gasteiger partial charge in [-0.15, -0.1) is 0 Å². The van der Waals surface area contributed by atoms with Crippen molar-refractivity contribution >= 4 is 15.6 Å². The maximum atomic E-state index is 2.77. The van der Waals surface area contributed by atoms with Crippen LogP contribution in [0.1, 0.15) is 28.1 Å². The summed E-state index contributed by atoms with van der Waals surface area (Å²) in [6.07, 6.45) is 11.5. The summed E-state index contributed by atoms with van der Waals surface area (Å²) in [5.41, 5.74) is 4.73. The predicted octanol–water partition coefficient (Wildman–Crippen LogP) is 5.64. The molecule has 3 heteroatoms. The van der Waals surface area contributed by atoms with Gasteiger partial charge >= 0.3 is 140 Å². The van der Waals surface area contributed by atoms with Gasteiger partial charge in [0.1, 0.15) is 0 Å². The zero-order valence-electron chi connectivity index (χ0n) is 14.4. The molecule has 114 valence electrons. The van der Waals surface area contributed by atoms with Gasteiger partial charge in [0, 0.05) is 0 Å². The van der Waals surface area contributed by atoms with E-state index in [-0.39, 0.29) is 0 Å². The first-order valence-corrected chi connectivity index (χ1v) is 30.1. The Labute approximate surface area is 139 Å². The average Bonchev–Trinajstić information content (AvgIpc) is 2.94. The molecule has 0 aromatic heterocycles. The zero-order valence-corrected chi connectivity index (χ0v) is 20.0. The molecule has 1 aromatic carbocycles. The number of hydrogen-bond donors (Lipinski definition) is 0. The second-order valence-electron chi connectivity index (χ2n) is 8.35. The number of hydrogen-bond acceptors (Lipinski definition) is 0. The van der Waals surface area contributed by atoms with Gasteiger partial charge in [-0.1, -0.05) is 0 Å². The fourth-order valence-electron chi connectivity index (χ4n) is 5.70. The molecule has 0 saturated carbocycles. The summed E-state index contributed by atoms with van der Waals surface area (Å²) in [4.78, 5) is 0. The maximum absolute atomic E-state index is 2.77. The van der Waals surface area contributed by atoms with Gasteiger partial charge in [0.2, 0.25) is 0 Å². The Morgan fingerprint density at radius 3 is 2.32 bits per heavy atom. The molecule has 0 amide bonds. The quantitative estimate of drug-likeness (QED) is 0.472. The van der Waals surface area contributed by atoms with Crippen LogP contribution in [-0.4, -0.2) is 9.56 Å². The van der Waals surface area contributed by atoms with Crippen LogP contribution >= 0.6 is 0 Å². The Bertz CT molecular complexity index is 738. The molecule has 1 aromatic rings. The van der Waals surface area contributed by atoms with Gasteiger partial charge in [0.15, 0.2) is 0 Å². The van der Waals surface area contributed by atoms with E-state index in [9.17, 15) is 0 Å². The van der Waals surface area contributed by atoms with Crippen molar-refractivity contribution in [2.24, 2.45) is 0 Å². The topological polar surface area (TPSA) is 0 Å². The van der Waals surface area contributed by atoms with Crippen molar-refractivity contribution in [3.8, 4) is 0 Å². The Morgan fingerprint density at radius 2 is 1.73 bits per heavy atom. The van der Waals surface area contributed by atoms with Gasteiger partial charge in [-0.2, -0.15) is 0 Å². The molecule has 0 N–H and O–H groups in total. The fraction of sp³-hybridized carbons (Fsp3) is 0.368. The van der Waals surface area contributed by atoms with Crippen molar-refractivity contribution in [1.82, 2.24) is 0 Å². The van der Waals surface area contributed by atoms with Crippen molar-refractivity contribution in [3.63, 3.8) is 0 Å². The zero-order chi connectivity index (χ0) is 15.8. The van der Waals surface area contributed by atoms with Crippen LogP contribution in [0.2, 0.25) is 26.2 Å². The summed E-state index contributed by atoms with van der Waals surface area (Å²) in [6.45, 7) is 13.4. The molecule has 2 aliphatic carbocycles. The molecule has 0 spiro atoms. The first-order chi connectivity index (χ1) is 10.3. The van der Waals surface area contributed by atoms with Gasteiger partial charge in [-0.3, -0.25) is 0 Å². The van der Waals surface area contributed by atoms with Crippen LogP contribution in [0, 0.1) is 0 Å². The number of allylic oxidation sites excluding steroid dienone is 5. The first-order valence-electron chi connectivity index (χ1n) is 8.49. The van der Waals surface area contributed by atoms with Gasteiger partial charge in [-0.25, -0.2) is 0 Å². The monoisotopic (exact) mass is 490 g/mol. The summed E-state index contributed by atoms with van der Waals surface area (Å²) in [6, 6.07) is 9.22. The second kappa shape index (κ2) is 4.64. The summed E-state index contributed by atoms with van der Waals surface area (Å²) in [7, 11) is 0. The standard InChI is InChI=1S/C9H7.C6H7.C4H12Si2.Hf/c1-2-5-9-7-3-6-8(9)4-1;1-6-4-2-3-5-6;1-5(2)6(3)4;/h1-7H;4-5H,2H2,1H3;1-4H3;. The Hall–Kier alpha value is -0.256. The third-order valence-corrected chi connectivity index (χ3v) is 162. The van der Waals surface area contributed by atoms with E-state index in [4.69, 9.17) is 0 Å². The van der Waals surface area contributed by atoms with Crippen LogP contribution in [0.5, 0.6) is 0 Å². The predicted molar refractivity (Wildman–Crippen MR) is 99.6 cm³/mol. The first kappa shape index (κ1) is 15.3. The molecule has 1 aliphatic heterocycles. The summed E-state index contributed by atoms with van der Waals surface area (Å²) in [5.74, 6) is 0. The van der Waals surface area contributed by atoms with Crippen molar-refractivity contribution in [1.29, 1.82) is 0 Å². The van der Waals surface area contributed by atoms with E-state index in [1.54, 1.807) is 5.56 Å². The second-order valence-corrected chi connectivity index (χ2v) is 87.4. The van der Waals surface area contributed by atoms with Gasteiger partial charge < -0.3 is 0 Å². The van der Waals surface area contributed by atoms with E-state index >= 15 is 0 Å². The van der Waals surface area contributed by atoms with Crippen LogP contribution < -0.4 is 0 Å². The van der Waals surface area contributed by atoms with Crippen LogP contribution in [0.3, 0.4) is 0 Å². The van der Waals surface area contributed by atoms with Crippen molar-refractivity contribution < 1.29 is 18.3 Å². The van der Waals surface area contributed by atoms with Gasteiger partial charge in [0.05, 0.1) is 0 Å². The van der Waals surface area contributed by atoms with Crippen LogP contribution in [-0.2, 0) is 18.3 Å². The third kappa shape index (κ3) is 1.60. The third-order valence-electron chi connectivity index (χ3n) is 7.29. The Morgan fingerprint density at radius 1 is 1.05 bits per heavy atom. The van der Waals surface area contributed by atoms with Gasteiger partial charge in [-0.05, 0) is 0 Å². The van der Waals surface area contributed by atoms with Crippen LogP contribution in [0.15, 0.2) is 51.4 Å². The number of rotatable bonds is 2. The average molecular weight is 489 g/mol. The van der Waals surface area contributed by atoms with Crippen LogP contribution in [0.25, 0.3) is 6.08 Å². The molecular weight excluding hydrogens is 463 g/mol. The summed E-state index contributed by atoms with van der Waals surface area (Å²) >= 11 is -2.45. The van der Waals surface area contributed by atoms with Gasteiger partial charge in [0.25, 0.3) is 0 Å². The van der Waals surface area contributed by atoms with Crippen molar-refractivity contribution in [3.05, 3.63) is 62.5 Å². The molecule has 1 unspecified atom stereocenters. The minimum atomic E-state index is -2.45. The van der Waals surface area contributed by atoms with E-state index in [2.05, 4.69) is 81.7 Å². The molecule has 0 bridgehead atoms. The molecule has 4 rings (SSSR count). The van der Waals surface area contributed by atoms with E-state index in [1.807, 2.05) is 3.33 Å². The van der Waals surface area contributed by atoms with Crippen molar-refractivity contribution in [2.45, 2.75) is 43.2 Å². The van der Waals surface area contributed by atoms with E-state index in [0.29, 0.717) is 0 Å². The molecule has 1 atom stereocenters. The van der Waals surface area contributed by atoms with Crippen molar-refractivity contribution in [2.75, 3.05) is 0 Å². The molecule has 3 aliphatic rings. The molecular formula is C19H26HfSi2. The fourth-order valence-corrected chi connectivity index (χ4v) is 245. The summed E-state index contributed by atoms with van der Waals surface area (Å²) in [5, 5.41) is 0. The van der Waals surface area contributed by atoms with Crippen LogP contribution in [0.4, 0.5) is 0 Å². The number of fused-ring (bicyclic) bond motifs is 1. The summed E-state index contributed by atoms with van der Waals surface area (Å²) < 4.78 is 0.873. The van der Waals surface area contributed by atoms with E-state index in [0.717, 1.165) is 3.67 Å². The molecule has 1 saturated heterocycles. The molecule has 0 radical (unpaired) electrons. The minimum absolute atomic E-state index is 0.859. The Balaban J connectivity index is 1.90.